The molecule has 3 rings (SSSR count). The van der Waals surface area contributed by atoms with Gasteiger partial charge in [0.05, 0.1) is 0 Å². The lowest BCUT2D eigenvalue weighted by molar-refractivity contribution is 0.579. The zero-order valence-corrected chi connectivity index (χ0v) is 12.9. The Kier molecular flexibility index (Phi) is 4.10. The third-order valence-electron chi connectivity index (χ3n) is 4.23. The molecule has 1 heteroatoms. The molecule has 0 radical (unpaired) electrons. The quantitative estimate of drug-likeness (QED) is 0.663. The van der Waals surface area contributed by atoms with Crippen LogP contribution in [0.5, 0.6) is 0 Å². The minimum Gasteiger partial charge on any atom is -0.361 e. The van der Waals surface area contributed by atoms with Crippen molar-refractivity contribution in [2.75, 3.05) is 0 Å². The summed E-state index contributed by atoms with van der Waals surface area (Å²) in [4.78, 5) is 3.38. The standard InChI is InChI=1S/C20H23N/c1-3-16-7-6-8-17(13-16)11-15(2)12-18-14-21-20-10-5-4-9-19(18)20/h4-10,13-15,21H,3,11-12H2,1-2H3. The van der Waals surface area contributed by atoms with Gasteiger partial charge in [0.15, 0.2) is 0 Å². The molecule has 1 nitrogen and oxygen atoms in total. The number of rotatable bonds is 5. The highest BCUT2D eigenvalue weighted by molar-refractivity contribution is 5.83. The van der Waals surface area contributed by atoms with Crippen LogP contribution in [0.25, 0.3) is 10.9 Å². The van der Waals surface area contributed by atoms with Crippen LogP contribution in [-0.4, -0.2) is 4.98 Å². The monoisotopic (exact) mass is 277 g/mol. The van der Waals surface area contributed by atoms with Crippen molar-refractivity contribution in [3.05, 3.63) is 71.4 Å². The van der Waals surface area contributed by atoms with Gasteiger partial charge in [0.2, 0.25) is 0 Å². The van der Waals surface area contributed by atoms with E-state index in [9.17, 15) is 0 Å². The zero-order chi connectivity index (χ0) is 14.7. The van der Waals surface area contributed by atoms with Gasteiger partial charge < -0.3 is 4.98 Å². The van der Waals surface area contributed by atoms with E-state index in [-0.39, 0.29) is 0 Å². The predicted molar refractivity (Wildman–Crippen MR) is 90.7 cm³/mol. The number of fused-ring (bicyclic) bond motifs is 1. The van der Waals surface area contributed by atoms with Crippen LogP contribution in [0.15, 0.2) is 54.7 Å². The summed E-state index contributed by atoms with van der Waals surface area (Å²) in [6.07, 6.45) is 5.56. The molecule has 0 bridgehead atoms. The molecule has 1 heterocycles. The molecular formula is C20H23N. The summed E-state index contributed by atoms with van der Waals surface area (Å²) < 4.78 is 0. The van der Waals surface area contributed by atoms with Gasteiger partial charge in [-0.05, 0) is 47.9 Å². The lowest BCUT2D eigenvalue weighted by atomic mass is 9.93. The lowest BCUT2D eigenvalue weighted by Crippen LogP contribution is -2.04. The topological polar surface area (TPSA) is 15.8 Å². The second-order valence-corrected chi connectivity index (χ2v) is 6.05. The van der Waals surface area contributed by atoms with Crippen molar-refractivity contribution in [2.45, 2.75) is 33.1 Å². The molecule has 0 saturated heterocycles. The summed E-state index contributed by atoms with van der Waals surface area (Å²) in [6.45, 7) is 4.56. The van der Waals surface area contributed by atoms with Crippen LogP contribution >= 0.6 is 0 Å². The maximum atomic E-state index is 3.38. The molecular weight excluding hydrogens is 254 g/mol. The molecule has 0 fully saturated rings. The molecule has 0 aliphatic carbocycles. The summed E-state index contributed by atoms with van der Waals surface area (Å²) in [5.74, 6) is 0.649. The van der Waals surface area contributed by atoms with E-state index < -0.39 is 0 Å². The van der Waals surface area contributed by atoms with Gasteiger partial charge in [-0.15, -0.1) is 0 Å². The van der Waals surface area contributed by atoms with Gasteiger partial charge in [-0.3, -0.25) is 0 Å². The number of hydrogen-bond donors (Lipinski definition) is 1. The Labute approximate surface area is 127 Å². The Bertz CT molecular complexity index is 723. The largest absolute Gasteiger partial charge is 0.361 e. The molecule has 1 N–H and O–H groups in total. The molecule has 0 aliphatic rings. The average molecular weight is 277 g/mol. The minimum atomic E-state index is 0.649. The van der Waals surface area contributed by atoms with Gasteiger partial charge in [0.25, 0.3) is 0 Å². The summed E-state index contributed by atoms with van der Waals surface area (Å²) in [6, 6.07) is 17.6. The molecule has 2 aromatic carbocycles. The minimum absolute atomic E-state index is 0.649. The highest BCUT2D eigenvalue weighted by atomic mass is 14.7. The molecule has 0 saturated carbocycles. The van der Waals surface area contributed by atoms with Crippen molar-refractivity contribution in [2.24, 2.45) is 5.92 Å². The number of para-hydroxylation sites is 1. The van der Waals surface area contributed by atoms with E-state index in [1.165, 1.54) is 27.6 Å². The van der Waals surface area contributed by atoms with E-state index in [0.29, 0.717) is 5.92 Å². The molecule has 0 aliphatic heterocycles. The number of nitrogens with one attached hydrogen (secondary N) is 1. The third kappa shape index (κ3) is 3.18. The maximum Gasteiger partial charge on any atom is 0.0456 e. The average Bonchev–Trinajstić information content (AvgIpc) is 2.91. The zero-order valence-electron chi connectivity index (χ0n) is 12.9. The molecule has 108 valence electrons. The van der Waals surface area contributed by atoms with E-state index in [1.807, 2.05) is 0 Å². The Morgan fingerprint density at radius 1 is 0.952 bits per heavy atom. The predicted octanol–water partition coefficient (Wildman–Crippen LogP) is 5.15. The molecule has 21 heavy (non-hydrogen) atoms. The number of aromatic amines is 1. The Hall–Kier alpha value is -2.02. The Morgan fingerprint density at radius 2 is 1.76 bits per heavy atom. The maximum absolute atomic E-state index is 3.38. The number of benzene rings is 2. The first kappa shape index (κ1) is 13.9. The smallest absolute Gasteiger partial charge is 0.0456 e. The van der Waals surface area contributed by atoms with Gasteiger partial charge in [-0.25, -0.2) is 0 Å². The van der Waals surface area contributed by atoms with Gasteiger partial charge in [-0.2, -0.15) is 0 Å². The van der Waals surface area contributed by atoms with E-state index in [2.05, 4.69) is 73.6 Å². The normalized spacial score (nSPS) is 12.7. The Morgan fingerprint density at radius 3 is 2.62 bits per heavy atom. The number of hydrogen-bond acceptors (Lipinski definition) is 0. The SMILES string of the molecule is CCc1cccc(CC(C)Cc2c[nH]c3ccccc23)c1. The van der Waals surface area contributed by atoms with Crippen LogP contribution in [-0.2, 0) is 19.3 Å². The van der Waals surface area contributed by atoms with Gasteiger partial charge in [0, 0.05) is 17.1 Å². The highest BCUT2D eigenvalue weighted by Gasteiger charge is 2.09. The van der Waals surface area contributed by atoms with Gasteiger partial charge in [0.1, 0.15) is 0 Å². The summed E-state index contributed by atoms with van der Waals surface area (Å²) >= 11 is 0. The molecule has 1 atom stereocenters. The first-order valence-electron chi connectivity index (χ1n) is 7.89. The fourth-order valence-corrected chi connectivity index (χ4v) is 3.13. The lowest BCUT2D eigenvalue weighted by Gasteiger charge is -2.12. The van der Waals surface area contributed by atoms with Gasteiger partial charge in [-0.1, -0.05) is 56.3 Å². The number of H-pyrrole nitrogens is 1. The Balaban J connectivity index is 1.72. The second-order valence-electron chi connectivity index (χ2n) is 6.05. The number of aromatic nitrogens is 1. The molecule has 0 amide bonds. The van der Waals surface area contributed by atoms with Crippen LogP contribution in [0.2, 0.25) is 0 Å². The van der Waals surface area contributed by atoms with Crippen molar-refractivity contribution in [3.8, 4) is 0 Å². The van der Waals surface area contributed by atoms with Crippen molar-refractivity contribution >= 4 is 10.9 Å². The van der Waals surface area contributed by atoms with E-state index in [4.69, 9.17) is 0 Å². The summed E-state index contributed by atoms with van der Waals surface area (Å²) in [5.41, 5.74) is 5.57. The van der Waals surface area contributed by atoms with E-state index in [1.54, 1.807) is 0 Å². The fourth-order valence-electron chi connectivity index (χ4n) is 3.13. The molecule has 0 spiro atoms. The van der Waals surface area contributed by atoms with Crippen LogP contribution in [0.1, 0.15) is 30.5 Å². The van der Waals surface area contributed by atoms with Crippen LogP contribution in [0.3, 0.4) is 0 Å². The van der Waals surface area contributed by atoms with Crippen molar-refractivity contribution < 1.29 is 0 Å². The van der Waals surface area contributed by atoms with Gasteiger partial charge >= 0.3 is 0 Å². The first-order valence-corrected chi connectivity index (χ1v) is 7.89. The van der Waals surface area contributed by atoms with Crippen LogP contribution < -0.4 is 0 Å². The van der Waals surface area contributed by atoms with E-state index in [0.717, 1.165) is 19.3 Å². The van der Waals surface area contributed by atoms with Crippen molar-refractivity contribution in [1.82, 2.24) is 4.98 Å². The summed E-state index contributed by atoms with van der Waals surface area (Å²) in [5, 5.41) is 1.37. The number of aryl methyl sites for hydroxylation is 1. The van der Waals surface area contributed by atoms with E-state index >= 15 is 0 Å². The molecule has 1 aromatic heterocycles. The first-order chi connectivity index (χ1) is 10.3. The second kappa shape index (κ2) is 6.17. The third-order valence-corrected chi connectivity index (χ3v) is 4.23. The molecule has 1 unspecified atom stereocenters. The van der Waals surface area contributed by atoms with Crippen molar-refractivity contribution in [3.63, 3.8) is 0 Å². The fraction of sp³-hybridized carbons (Fsp3) is 0.300. The van der Waals surface area contributed by atoms with Crippen LogP contribution in [0, 0.1) is 5.92 Å². The summed E-state index contributed by atoms with van der Waals surface area (Å²) in [7, 11) is 0. The highest BCUT2D eigenvalue weighted by Crippen LogP contribution is 2.22. The van der Waals surface area contributed by atoms with Crippen molar-refractivity contribution in [1.29, 1.82) is 0 Å². The molecule has 3 aromatic rings. The van der Waals surface area contributed by atoms with Crippen LogP contribution in [0.4, 0.5) is 0 Å².